The summed E-state index contributed by atoms with van der Waals surface area (Å²) in [6, 6.07) is 13.5. The Morgan fingerprint density at radius 1 is 1.09 bits per heavy atom. The first-order valence-electron chi connectivity index (χ1n) is 6.86. The largest absolute Gasteiger partial charge is 0.494 e. The van der Waals surface area contributed by atoms with Crippen molar-refractivity contribution in [1.82, 2.24) is 0 Å². The Kier molecular flexibility index (Phi) is 5.74. The van der Waals surface area contributed by atoms with Crippen LogP contribution in [0.4, 0.5) is 0 Å². The predicted molar refractivity (Wildman–Crippen MR) is 92.3 cm³/mol. The summed E-state index contributed by atoms with van der Waals surface area (Å²) in [7, 11) is 0. The highest BCUT2D eigenvalue weighted by Gasteiger charge is 2.49. The summed E-state index contributed by atoms with van der Waals surface area (Å²) in [6.45, 7) is 2.41. The van der Waals surface area contributed by atoms with Gasteiger partial charge in [0, 0.05) is 5.02 Å². The molecular formula is C16H14Cl3NO3. The third-order valence-electron chi connectivity index (χ3n) is 3.32. The summed E-state index contributed by atoms with van der Waals surface area (Å²) >= 11 is 18.0. The quantitative estimate of drug-likeness (QED) is 0.299. The Bertz CT molecular complexity index is 672. The van der Waals surface area contributed by atoms with Crippen LogP contribution in [-0.2, 0) is 0 Å². The molecule has 23 heavy (non-hydrogen) atoms. The smallest absolute Gasteiger partial charge is 0.381 e. The molecule has 2 rings (SSSR count). The molecule has 1 atom stereocenters. The van der Waals surface area contributed by atoms with Gasteiger partial charge in [0.15, 0.2) is 0 Å². The Hall–Kier alpha value is -1.49. The lowest BCUT2D eigenvalue weighted by molar-refractivity contribution is -0.518. The van der Waals surface area contributed by atoms with Gasteiger partial charge in [-0.15, -0.1) is 0 Å². The molecular weight excluding hydrogens is 361 g/mol. The minimum Gasteiger partial charge on any atom is -0.494 e. The molecule has 0 fully saturated rings. The first-order valence-corrected chi connectivity index (χ1v) is 8.00. The van der Waals surface area contributed by atoms with Gasteiger partial charge in [-0.1, -0.05) is 35.9 Å². The number of hydrogen-bond donors (Lipinski definition) is 0. The van der Waals surface area contributed by atoms with Gasteiger partial charge in [-0.05, 0) is 65.5 Å². The van der Waals surface area contributed by atoms with Gasteiger partial charge in [-0.2, -0.15) is 0 Å². The lowest BCUT2D eigenvalue weighted by Gasteiger charge is -2.23. The Morgan fingerprint density at radius 2 is 1.57 bits per heavy atom. The van der Waals surface area contributed by atoms with E-state index in [9.17, 15) is 10.1 Å². The second-order valence-corrected chi connectivity index (χ2v) is 6.61. The van der Waals surface area contributed by atoms with Gasteiger partial charge in [-0.3, -0.25) is 10.1 Å². The SMILES string of the molecule is CCOc1ccc(C(c2ccc(Cl)cc2)C(Cl)(Cl)[N+](=O)[O-])cc1. The third-order valence-corrected chi connectivity index (χ3v) is 4.28. The van der Waals surface area contributed by atoms with Crippen LogP contribution in [0.15, 0.2) is 48.5 Å². The van der Waals surface area contributed by atoms with E-state index in [0.717, 1.165) is 0 Å². The monoisotopic (exact) mass is 373 g/mol. The van der Waals surface area contributed by atoms with E-state index in [0.29, 0.717) is 28.5 Å². The van der Waals surface area contributed by atoms with E-state index in [4.69, 9.17) is 39.5 Å². The number of benzene rings is 2. The summed E-state index contributed by atoms with van der Waals surface area (Å²) in [6.07, 6.45) is 0. The van der Waals surface area contributed by atoms with Crippen molar-refractivity contribution in [2.24, 2.45) is 0 Å². The molecule has 0 spiro atoms. The molecule has 0 N–H and O–H groups in total. The van der Waals surface area contributed by atoms with Gasteiger partial charge < -0.3 is 4.74 Å². The van der Waals surface area contributed by atoms with Crippen molar-refractivity contribution in [3.05, 3.63) is 74.8 Å². The zero-order chi connectivity index (χ0) is 17.0. The van der Waals surface area contributed by atoms with Crippen LogP contribution in [0.3, 0.4) is 0 Å². The van der Waals surface area contributed by atoms with E-state index in [2.05, 4.69) is 0 Å². The van der Waals surface area contributed by atoms with Crippen molar-refractivity contribution in [2.75, 3.05) is 6.61 Å². The molecule has 0 aliphatic heterocycles. The van der Waals surface area contributed by atoms with E-state index in [-0.39, 0.29) is 0 Å². The van der Waals surface area contributed by atoms with Crippen molar-refractivity contribution in [2.45, 2.75) is 17.3 Å². The molecule has 0 saturated heterocycles. The average molecular weight is 375 g/mol. The van der Waals surface area contributed by atoms with Crippen LogP contribution < -0.4 is 4.74 Å². The number of ether oxygens (including phenoxy) is 1. The molecule has 0 radical (unpaired) electrons. The number of rotatable bonds is 6. The van der Waals surface area contributed by atoms with Crippen molar-refractivity contribution in [3.8, 4) is 5.75 Å². The van der Waals surface area contributed by atoms with Gasteiger partial charge in [-0.25, -0.2) is 0 Å². The normalized spacial score (nSPS) is 12.7. The molecule has 4 nitrogen and oxygen atoms in total. The van der Waals surface area contributed by atoms with Crippen LogP contribution >= 0.6 is 34.8 Å². The molecule has 0 amide bonds. The van der Waals surface area contributed by atoms with E-state index in [1.165, 1.54) is 0 Å². The van der Waals surface area contributed by atoms with Gasteiger partial charge in [0.25, 0.3) is 0 Å². The Balaban J connectivity index is 2.49. The summed E-state index contributed by atoms with van der Waals surface area (Å²) in [5, 5.41) is 11.9. The summed E-state index contributed by atoms with van der Waals surface area (Å²) < 4.78 is 3.17. The van der Waals surface area contributed by atoms with Crippen molar-refractivity contribution < 1.29 is 9.66 Å². The highest BCUT2D eigenvalue weighted by Crippen LogP contribution is 2.43. The third kappa shape index (κ3) is 4.08. The first kappa shape index (κ1) is 17.9. The maximum atomic E-state index is 11.3. The Morgan fingerprint density at radius 3 is 2.00 bits per heavy atom. The zero-order valence-corrected chi connectivity index (χ0v) is 14.5. The van der Waals surface area contributed by atoms with E-state index >= 15 is 0 Å². The fraction of sp³-hybridized carbons (Fsp3) is 0.250. The molecule has 0 heterocycles. The zero-order valence-electron chi connectivity index (χ0n) is 12.2. The Labute approximate surface area is 149 Å². The minimum atomic E-state index is -2.21. The van der Waals surface area contributed by atoms with Gasteiger partial charge in [0.2, 0.25) is 0 Å². The van der Waals surface area contributed by atoms with Crippen LogP contribution in [0.1, 0.15) is 24.0 Å². The van der Waals surface area contributed by atoms with E-state index < -0.39 is 15.3 Å². The molecule has 7 heteroatoms. The maximum Gasteiger partial charge on any atom is 0.381 e. The van der Waals surface area contributed by atoms with E-state index in [1.807, 2.05) is 6.92 Å². The van der Waals surface area contributed by atoms with Gasteiger partial charge in [0.1, 0.15) is 11.7 Å². The summed E-state index contributed by atoms with van der Waals surface area (Å²) in [4.78, 5) is 10.6. The standard InChI is InChI=1S/C16H14Cl3NO3/c1-2-23-14-9-5-12(6-10-14)15(16(18,19)20(21)22)11-3-7-13(17)8-4-11/h3-10,15H,2H2,1H3. The summed E-state index contributed by atoms with van der Waals surface area (Å²) in [5.41, 5.74) is 1.21. The number of nitrogens with zero attached hydrogens (tertiary/aromatic N) is 1. The van der Waals surface area contributed by atoms with Crippen LogP contribution in [0, 0.1) is 10.1 Å². The van der Waals surface area contributed by atoms with Crippen LogP contribution in [0.25, 0.3) is 0 Å². The number of hydrogen-bond acceptors (Lipinski definition) is 3. The number of alkyl halides is 2. The molecule has 0 saturated carbocycles. The fourth-order valence-electron chi connectivity index (χ4n) is 2.28. The van der Waals surface area contributed by atoms with Crippen molar-refractivity contribution >= 4 is 34.8 Å². The highest BCUT2D eigenvalue weighted by atomic mass is 35.5. The molecule has 0 bridgehead atoms. The maximum absolute atomic E-state index is 11.3. The molecule has 2 aromatic rings. The number of halogens is 3. The molecule has 2 aromatic carbocycles. The first-order chi connectivity index (χ1) is 10.9. The van der Waals surface area contributed by atoms with Gasteiger partial charge in [0.05, 0.1) is 11.5 Å². The van der Waals surface area contributed by atoms with E-state index in [1.54, 1.807) is 48.5 Å². The van der Waals surface area contributed by atoms with Crippen molar-refractivity contribution in [3.63, 3.8) is 0 Å². The van der Waals surface area contributed by atoms with Gasteiger partial charge >= 0.3 is 4.46 Å². The molecule has 1 unspecified atom stereocenters. The van der Waals surface area contributed by atoms with Crippen LogP contribution in [0.5, 0.6) is 5.75 Å². The highest BCUT2D eigenvalue weighted by molar-refractivity contribution is 6.47. The molecule has 122 valence electrons. The molecule has 0 aliphatic rings. The molecule has 0 aliphatic carbocycles. The summed E-state index contributed by atoms with van der Waals surface area (Å²) in [5.74, 6) is -0.185. The fourth-order valence-corrected chi connectivity index (χ4v) is 2.91. The van der Waals surface area contributed by atoms with Crippen LogP contribution in [-0.4, -0.2) is 16.0 Å². The number of nitro groups is 1. The minimum absolute atomic E-state index is 0.523. The topological polar surface area (TPSA) is 52.4 Å². The average Bonchev–Trinajstić information content (AvgIpc) is 2.51. The molecule has 0 aromatic heterocycles. The lowest BCUT2D eigenvalue weighted by Crippen LogP contribution is -2.33. The predicted octanol–water partition coefficient (Wildman–Crippen LogP) is 5.28. The second kappa shape index (κ2) is 7.39. The van der Waals surface area contributed by atoms with Crippen molar-refractivity contribution in [1.29, 1.82) is 0 Å². The second-order valence-electron chi connectivity index (χ2n) is 4.83. The lowest BCUT2D eigenvalue weighted by atomic mass is 9.90. The van der Waals surface area contributed by atoms with Crippen LogP contribution in [0.2, 0.25) is 5.02 Å².